The Hall–Kier alpha value is -1.96. The van der Waals surface area contributed by atoms with Gasteiger partial charge in [-0.15, -0.1) is 0 Å². The molecule has 0 aliphatic carbocycles. The fourth-order valence-electron chi connectivity index (χ4n) is 1.84. The van der Waals surface area contributed by atoms with Gasteiger partial charge in [-0.1, -0.05) is 18.2 Å². The van der Waals surface area contributed by atoms with Gasteiger partial charge in [-0.2, -0.15) is 0 Å². The van der Waals surface area contributed by atoms with Crippen molar-refractivity contribution >= 4 is 33.5 Å². The molecule has 0 unspecified atom stereocenters. The largest absolute Gasteiger partial charge is 0.435 e. The number of benzene rings is 1. The van der Waals surface area contributed by atoms with Crippen LogP contribution in [0.25, 0.3) is 10.9 Å². The number of nitrogens with one attached hydrogen (secondary N) is 1. The van der Waals surface area contributed by atoms with Gasteiger partial charge in [-0.05, 0) is 41.6 Å². The Morgan fingerprint density at radius 1 is 1.25 bits per heavy atom. The highest BCUT2D eigenvalue weighted by Crippen LogP contribution is 2.28. The summed E-state index contributed by atoms with van der Waals surface area (Å²) in [5.74, 6) is 0.868. The minimum Gasteiger partial charge on any atom is -0.435 e. The maximum absolute atomic E-state index is 11.5. The molecule has 6 heteroatoms. The van der Waals surface area contributed by atoms with E-state index in [4.69, 9.17) is 4.74 Å². The van der Waals surface area contributed by atoms with Crippen LogP contribution in [0.15, 0.2) is 41.5 Å². The fraction of sp³-hybridized carbons (Fsp3) is 0.0714. The van der Waals surface area contributed by atoms with Crippen molar-refractivity contribution in [2.45, 2.75) is 6.92 Å². The van der Waals surface area contributed by atoms with Crippen molar-refractivity contribution in [3.63, 3.8) is 0 Å². The molecule has 0 bridgehead atoms. The second-order valence-electron chi connectivity index (χ2n) is 4.23. The predicted molar refractivity (Wildman–Crippen MR) is 84.1 cm³/mol. The minimum absolute atomic E-state index is 0.222. The molecule has 1 aromatic carbocycles. The van der Waals surface area contributed by atoms with Crippen molar-refractivity contribution in [1.82, 2.24) is 15.0 Å². The lowest BCUT2D eigenvalue weighted by atomic mass is 10.2. The molecule has 0 aliphatic rings. The highest BCUT2D eigenvalue weighted by molar-refractivity contribution is 14.1. The van der Waals surface area contributed by atoms with E-state index in [2.05, 4.69) is 15.0 Å². The van der Waals surface area contributed by atoms with Crippen molar-refractivity contribution in [3.05, 3.63) is 56.3 Å². The predicted octanol–water partition coefficient (Wildman–Crippen LogP) is 3.02. The molecule has 0 spiro atoms. The van der Waals surface area contributed by atoms with E-state index in [1.165, 1.54) is 6.33 Å². The highest BCUT2D eigenvalue weighted by Gasteiger charge is 2.10. The Labute approximate surface area is 128 Å². The number of rotatable bonds is 2. The van der Waals surface area contributed by atoms with Crippen LogP contribution in [0.1, 0.15) is 5.69 Å². The van der Waals surface area contributed by atoms with E-state index in [1.54, 1.807) is 0 Å². The number of halogens is 1. The molecule has 0 saturated heterocycles. The molecule has 1 N–H and O–H groups in total. The minimum atomic E-state index is -0.222. The number of aromatic amines is 1. The number of nitrogens with zero attached hydrogens (tertiary/aromatic N) is 2. The third-order valence-corrected chi connectivity index (χ3v) is 3.74. The van der Waals surface area contributed by atoms with Crippen molar-refractivity contribution in [1.29, 1.82) is 0 Å². The number of para-hydroxylation sites is 1. The summed E-state index contributed by atoms with van der Waals surface area (Å²) in [5.41, 5.74) is 1.44. The van der Waals surface area contributed by atoms with E-state index in [9.17, 15) is 4.79 Å². The SMILES string of the molecule is Cc1ccc2cccc(Oc3nc[nH]c(=O)c3I)c2n1. The smallest absolute Gasteiger partial charge is 0.268 e. The quantitative estimate of drug-likeness (QED) is 0.696. The number of hydrogen-bond acceptors (Lipinski definition) is 4. The summed E-state index contributed by atoms with van der Waals surface area (Å²) in [6, 6.07) is 9.59. The summed E-state index contributed by atoms with van der Waals surface area (Å²) in [4.78, 5) is 22.6. The van der Waals surface area contributed by atoms with Crippen molar-refractivity contribution in [2.75, 3.05) is 0 Å². The zero-order valence-electron chi connectivity index (χ0n) is 10.6. The second-order valence-corrected chi connectivity index (χ2v) is 5.31. The highest BCUT2D eigenvalue weighted by atomic mass is 127. The van der Waals surface area contributed by atoms with E-state index >= 15 is 0 Å². The summed E-state index contributed by atoms with van der Waals surface area (Å²) in [6.45, 7) is 1.92. The number of aromatic nitrogens is 3. The van der Waals surface area contributed by atoms with Gasteiger partial charge in [-0.25, -0.2) is 9.97 Å². The van der Waals surface area contributed by atoms with Gasteiger partial charge in [0, 0.05) is 11.1 Å². The van der Waals surface area contributed by atoms with Crippen LogP contribution in [0.2, 0.25) is 0 Å². The number of fused-ring (bicyclic) bond motifs is 1. The Morgan fingerprint density at radius 2 is 2.10 bits per heavy atom. The van der Waals surface area contributed by atoms with Crippen LogP contribution in [-0.2, 0) is 0 Å². The average Bonchev–Trinajstić information content (AvgIpc) is 2.44. The molecule has 0 fully saturated rings. The Kier molecular flexibility index (Phi) is 3.39. The number of hydrogen-bond donors (Lipinski definition) is 1. The molecule has 100 valence electrons. The number of H-pyrrole nitrogens is 1. The topological polar surface area (TPSA) is 67.9 Å². The first kappa shape index (κ1) is 13.0. The summed E-state index contributed by atoms with van der Waals surface area (Å²) < 4.78 is 6.17. The van der Waals surface area contributed by atoms with Crippen LogP contribution in [-0.4, -0.2) is 15.0 Å². The van der Waals surface area contributed by atoms with E-state index < -0.39 is 0 Å². The van der Waals surface area contributed by atoms with Gasteiger partial charge in [0.1, 0.15) is 9.09 Å². The fourth-order valence-corrected chi connectivity index (χ4v) is 2.25. The molecule has 20 heavy (non-hydrogen) atoms. The zero-order chi connectivity index (χ0) is 14.1. The van der Waals surface area contributed by atoms with Crippen LogP contribution >= 0.6 is 22.6 Å². The summed E-state index contributed by atoms with van der Waals surface area (Å²) in [6.07, 6.45) is 1.32. The molecule has 0 saturated carbocycles. The molecule has 0 amide bonds. The molecule has 2 aromatic heterocycles. The van der Waals surface area contributed by atoms with Crippen LogP contribution in [0, 0.1) is 10.5 Å². The summed E-state index contributed by atoms with van der Waals surface area (Å²) in [7, 11) is 0. The van der Waals surface area contributed by atoms with Gasteiger partial charge in [0.25, 0.3) is 5.56 Å². The molecular formula is C14H10IN3O2. The monoisotopic (exact) mass is 379 g/mol. The third kappa shape index (κ3) is 2.38. The van der Waals surface area contributed by atoms with Gasteiger partial charge in [-0.3, -0.25) is 4.79 Å². The normalized spacial score (nSPS) is 10.7. The molecule has 0 radical (unpaired) electrons. The van der Waals surface area contributed by atoms with Crippen LogP contribution < -0.4 is 10.3 Å². The Bertz CT molecular complexity index is 845. The second kappa shape index (κ2) is 5.20. The number of ether oxygens (including phenoxy) is 1. The Morgan fingerprint density at radius 3 is 2.95 bits per heavy atom. The first-order valence-electron chi connectivity index (χ1n) is 5.92. The molecular weight excluding hydrogens is 369 g/mol. The van der Waals surface area contributed by atoms with E-state index in [-0.39, 0.29) is 11.4 Å². The first-order chi connectivity index (χ1) is 9.65. The standard InChI is InChI=1S/C14H10IN3O2/c1-8-5-6-9-3-2-4-10(12(9)18-8)20-14-11(15)13(19)16-7-17-14/h2-7H,1H3,(H,16,17,19). The maximum atomic E-state index is 11.5. The zero-order valence-corrected chi connectivity index (χ0v) is 12.7. The van der Waals surface area contributed by atoms with Crippen molar-refractivity contribution < 1.29 is 4.74 Å². The third-order valence-electron chi connectivity index (χ3n) is 2.79. The van der Waals surface area contributed by atoms with Gasteiger partial charge in [0.2, 0.25) is 5.88 Å². The van der Waals surface area contributed by atoms with Crippen molar-refractivity contribution in [3.8, 4) is 11.6 Å². The summed E-state index contributed by atoms with van der Waals surface area (Å²) in [5, 5.41) is 0.980. The van der Waals surface area contributed by atoms with Gasteiger partial charge < -0.3 is 9.72 Å². The number of aryl methyl sites for hydroxylation is 1. The van der Waals surface area contributed by atoms with Crippen LogP contribution in [0.4, 0.5) is 0 Å². The van der Waals surface area contributed by atoms with Crippen LogP contribution in [0.5, 0.6) is 11.6 Å². The van der Waals surface area contributed by atoms with Crippen molar-refractivity contribution in [2.24, 2.45) is 0 Å². The van der Waals surface area contributed by atoms with Crippen LogP contribution in [0.3, 0.4) is 0 Å². The van der Waals surface area contributed by atoms with Gasteiger partial charge in [0.05, 0.1) is 6.33 Å². The molecule has 3 aromatic rings. The maximum Gasteiger partial charge on any atom is 0.268 e. The van der Waals surface area contributed by atoms with Gasteiger partial charge in [0.15, 0.2) is 5.75 Å². The van der Waals surface area contributed by atoms with E-state index in [0.717, 1.165) is 16.6 Å². The summed E-state index contributed by atoms with van der Waals surface area (Å²) >= 11 is 1.91. The lowest BCUT2D eigenvalue weighted by Gasteiger charge is -2.08. The molecule has 0 aliphatic heterocycles. The van der Waals surface area contributed by atoms with E-state index in [1.807, 2.05) is 59.8 Å². The van der Waals surface area contributed by atoms with Gasteiger partial charge >= 0.3 is 0 Å². The molecule has 3 rings (SSSR count). The molecule has 0 atom stereocenters. The van der Waals surface area contributed by atoms with E-state index in [0.29, 0.717) is 9.32 Å². The number of pyridine rings is 1. The Balaban J connectivity index is 2.13. The molecule has 5 nitrogen and oxygen atoms in total. The average molecular weight is 379 g/mol. The first-order valence-corrected chi connectivity index (χ1v) is 7.00. The molecule has 2 heterocycles. The lowest BCUT2D eigenvalue weighted by Crippen LogP contribution is -2.11. The lowest BCUT2D eigenvalue weighted by molar-refractivity contribution is 0.460.